The highest BCUT2D eigenvalue weighted by Gasteiger charge is 2.34. The molecule has 1 saturated heterocycles. The highest BCUT2D eigenvalue weighted by Crippen LogP contribution is 2.31. The number of aromatic nitrogens is 4. The number of imidazole rings is 1. The molecular formula is C18H17N5O2S. The number of nitrogens with one attached hydrogen (secondary N) is 1. The molecular weight excluding hydrogens is 350 g/mol. The van der Waals surface area contributed by atoms with Crippen LogP contribution in [0.1, 0.15) is 12.5 Å². The van der Waals surface area contributed by atoms with Crippen molar-refractivity contribution >= 4 is 32.1 Å². The average Bonchev–Trinajstić information content (AvgIpc) is 3.39. The van der Waals surface area contributed by atoms with E-state index in [1.165, 1.54) is 0 Å². The third kappa shape index (κ3) is 2.26. The van der Waals surface area contributed by atoms with Gasteiger partial charge in [0, 0.05) is 24.7 Å². The second kappa shape index (κ2) is 5.65. The van der Waals surface area contributed by atoms with Crippen LogP contribution in [0.25, 0.3) is 22.1 Å². The van der Waals surface area contributed by atoms with E-state index in [9.17, 15) is 8.42 Å². The number of nitrogens with zero attached hydrogens (tertiary/aromatic N) is 4. The van der Waals surface area contributed by atoms with Gasteiger partial charge in [0.2, 0.25) is 10.0 Å². The number of sulfonamides is 1. The fourth-order valence-electron chi connectivity index (χ4n) is 3.71. The SMILES string of the molecule is O=S(=O)(c1ccccc1)N1CC[C@@H](n2cnc3cnc4[nH]ccc4c32)C1. The van der Waals surface area contributed by atoms with Crippen LogP contribution in [-0.2, 0) is 10.0 Å². The van der Waals surface area contributed by atoms with E-state index in [0.29, 0.717) is 18.0 Å². The normalized spacial score (nSPS) is 18.8. The Morgan fingerprint density at radius 2 is 1.96 bits per heavy atom. The lowest BCUT2D eigenvalue weighted by Gasteiger charge is -2.17. The summed E-state index contributed by atoms with van der Waals surface area (Å²) < 4.78 is 29.4. The van der Waals surface area contributed by atoms with E-state index in [1.54, 1.807) is 41.1 Å². The Kier molecular flexibility index (Phi) is 3.38. The summed E-state index contributed by atoms with van der Waals surface area (Å²) in [6.07, 6.45) is 6.15. The number of hydrogen-bond acceptors (Lipinski definition) is 4. The first-order chi connectivity index (χ1) is 12.6. The van der Waals surface area contributed by atoms with Crippen LogP contribution in [0.3, 0.4) is 0 Å². The Balaban J connectivity index is 1.52. The number of hydrogen-bond donors (Lipinski definition) is 1. The van der Waals surface area contributed by atoms with Gasteiger partial charge < -0.3 is 9.55 Å². The first kappa shape index (κ1) is 15.5. The van der Waals surface area contributed by atoms with Gasteiger partial charge in [0.1, 0.15) is 11.2 Å². The van der Waals surface area contributed by atoms with Gasteiger partial charge in [-0.15, -0.1) is 0 Å². The predicted octanol–water partition coefficient (Wildman–Crippen LogP) is 2.55. The lowest BCUT2D eigenvalue weighted by molar-refractivity contribution is 0.455. The van der Waals surface area contributed by atoms with Crippen molar-refractivity contribution in [3.8, 4) is 0 Å². The summed E-state index contributed by atoms with van der Waals surface area (Å²) in [4.78, 5) is 12.3. The molecule has 4 heterocycles. The number of rotatable bonds is 3. The average molecular weight is 367 g/mol. The van der Waals surface area contributed by atoms with E-state index >= 15 is 0 Å². The van der Waals surface area contributed by atoms with Crippen molar-refractivity contribution in [3.05, 3.63) is 55.1 Å². The molecule has 0 bridgehead atoms. The molecule has 0 spiro atoms. The summed E-state index contributed by atoms with van der Waals surface area (Å²) in [5.74, 6) is 0. The topological polar surface area (TPSA) is 83.9 Å². The van der Waals surface area contributed by atoms with Gasteiger partial charge in [0.25, 0.3) is 0 Å². The quantitative estimate of drug-likeness (QED) is 0.603. The Bertz CT molecular complexity index is 1200. The summed E-state index contributed by atoms with van der Waals surface area (Å²) in [6, 6.07) is 10.6. The largest absolute Gasteiger partial charge is 0.346 e. The van der Waals surface area contributed by atoms with E-state index in [-0.39, 0.29) is 6.04 Å². The molecule has 0 unspecified atom stereocenters. The Morgan fingerprint density at radius 3 is 2.81 bits per heavy atom. The highest BCUT2D eigenvalue weighted by molar-refractivity contribution is 7.89. The van der Waals surface area contributed by atoms with Gasteiger partial charge in [-0.2, -0.15) is 4.31 Å². The molecule has 4 aromatic rings. The number of pyridine rings is 1. The summed E-state index contributed by atoms with van der Waals surface area (Å²) in [6.45, 7) is 0.944. The van der Waals surface area contributed by atoms with Crippen LogP contribution in [0.4, 0.5) is 0 Å². The van der Waals surface area contributed by atoms with Crippen LogP contribution in [0.15, 0.2) is 60.0 Å². The van der Waals surface area contributed by atoms with Crippen LogP contribution in [0, 0.1) is 0 Å². The van der Waals surface area contributed by atoms with Crippen LogP contribution in [0.2, 0.25) is 0 Å². The minimum Gasteiger partial charge on any atom is -0.346 e. The van der Waals surface area contributed by atoms with Crippen molar-refractivity contribution in [3.63, 3.8) is 0 Å². The molecule has 5 rings (SSSR count). The number of aromatic amines is 1. The number of H-pyrrole nitrogens is 1. The lowest BCUT2D eigenvalue weighted by Crippen LogP contribution is -2.29. The molecule has 0 saturated carbocycles. The summed E-state index contributed by atoms with van der Waals surface area (Å²) in [5, 5.41) is 1.00. The summed E-state index contributed by atoms with van der Waals surface area (Å²) >= 11 is 0. The molecule has 0 aliphatic carbocycles. The maximum atomic E-state index is 12.9. The molecule has 8 heteroatoms. The molecule has 1 atom stereocenters. The fourth-order valence-corrected chi connectivity index (χ4v) is 5.22. The first-order valence-corrected chi connectivity index (χ1v) is 9.92. The van der Waals surface area contributed by atoms with Gasteiger partial charge in [-0.25, -0.2) is 18.4 Å². The minimum atomic E-state index is -3.47. The fraction of sp³-hybridized carbons (Fsp3) is 0.222. The Labute approximate surface area is 150 Å². The summed E-state index contributed by atoms with van der Waals surface area (Å²) in [5.41, 5.74) is 2.63. The molecule has 1 fully saturated rings. The smallest absolute Gasteiger partial charge is 0.243 e. The van der Waals surface area contributed by atoms with Crippen molar-refractivity contribution in [1.82, 2.24) is 23.8 Å². The van der Waals surface area contributed by atoms with Crippen molar-refractivity contribution in [2.75, 3.05) is 13.1 Å². The van der Waals surface area contributed by atoms with Gasteiger partial charge in [-0.1, -0.05) is 18.2 Å². The standard InChI is InChI=1S/C18H17N5O2S/c24-26(25,14-4-2-1-3-5-14)22-9-7-13(11-22)23-12-21-16-10-20-18-15(17(16)23)6-8-19-18/h1-6,8,10,12-13H,7,9,11H2,(H,19,20)/t13-/m1/s1. The van der Waals surface area contributed by atoms with E-state index in [0.717, 1.165) is 28.5 Å². The highest BCUT2D eigenvalue weighted by atomic mass is 32.2. The molecule has 1 aromatic carbocycles. The Morgan fingerprint density at radius 1 is 1.12 bits per heavy atom. The van der Waals surface area contributed by atoms with Gasteiger partial charge in [-0.05, 0) is 24.6 Å². The van der Waals surface area contributed by atoms with Crippen LogP contribution in [-0.4, -0.2) is 45.3 Å². The zero-order valence-electron chi connectivity index (χ0n) is 13.9. The minimum absolute atomic E-state index is 0.0546. The van der Waals surface area contributed by atoms with E-state index in [2.05, 4.69) is 19.5 Å². The molecule has 1 aliphatic heterocycles. The predicted molar refractivity (Wildman–Crippen MR) is 98.2 cm³/mol. The second-order valence-corrected chi connectivity index (χ2v) is 8.44. The van der Waals surface area contributed by atoms with Crippen molar-refractivity contribution < 1.29 is 8.42 Å². The first-order valence-electron chi connectivity index (χ1n) is 8.48. The maximum absolute atomic E-state index is 12.9. The molecule has 7 nitrogen and oxygen atoms in total. The van der Waals surface area contributed by atoms with Crippen molar-refractivity contribution in [2.45, 2.75) is 17.4 Å². The number of fused-ring (bicyclic) bond motifs is 3. The van der Waals surface area contributed by atoms with Crippen molar-refractivity contribution in [1.29, 1.82) is 0 Å². The maximum Gasteiger partial charge on any atom is 0.243 e. The zero-order valence-corrected chi connectivity index (χ0v) is 14.7. The monoisotopic (exact) mass is 367 g/mol. The molecule has 1 N–H and O–H groups in total. The molecule has 26 heavy (non-hydrogen) atoms. The molecule has 0 radical (unpaired) electrons. The summed E-state index contributed by atoms with van der Waals surface area (Å²) in [7, 11) is -3.47. The van der Waals surface area contributed by atoms with Crippen LogP contribution < -0.4 is 0 Å². The molecule has 0 amide bonds. The van der Waals surface area contributed by atoms with Gasteiger partial charge in [0.15, 0.2) is 0 Å². The second-order valence-electron chi connectivity index (χ2n) is 6.50. The Hall–Kier alpha value is -2.71. The van der Waals surface area contributed by atoms with Gasteiger partial charge in [0.05, 0.1) is 29.0 Å². The van der Waals surface area contributed by atoms with E-state index in [1.807, 2.05) is 18.3 Å². The zero-order chi connectivity index (χ0) is 17.7. The van der Waals surface area contributed by atoms with Gasteiger partial charge >= 0.3 is 0 Å². The van der Waals surface area contributed by atoms with Gasteiger partial charge in [-0.3, -0.25) is 0 Å². The number of benzene rings is 1. The lowest BCUT2D eigenvalue weighted by atomic mass is 10.2. The van der Waals surface area contributed by atoms with Crippen LogP contribution >= 0.6 is 0 Å². The van der Waals surface area contributed by atoms with E-state index < -0.39 is 10.0 Å². The van der Waals surface area contributed by atoms with Crippen LogP contribution in [0.5, 0.6) is 0 Å². The van der Waals surface area contributed by atoms with Crippen molar-refractivity contribution in [2.24, 2.45) is 0 Å². The third-order valence-corrected chi connectivity index (χ3v) is 6.90. The molecule has 1 aliphatic rings. The molecule has 3 aromatic heterocycles. The molecule has 132 valence electrons. The van der Waals surface area contributed by atoms with E-state index in [4.69, 9.17) is 0 Å². The third-order valence-electron chi connectivity index (χ3n) is 5.02.